The fraction of sp³-hybridized carbons (Fsp3) is 0.571. The molecule has 7 heteroatoms. The highest BCUT2D eigenvalue weighted by atomic mass is 32.2. The number of hydrogen-bond donors (Lipinski definition) is 2. The molecule has 1 aliphatic heterocycles. The van der Waals surface area contributed by atoms with E-state index in [0.717, 1.165) is 25.3 Å². The zero-order chi connectivity index (χ0) is 15.5. The van der Waals surface area contributed by atoms with E-state index in [0.29, 0.717) is 18.0 Å². The Balaban J connectivity index is 2.19. The lowest BCUT2D eigenvalue weighted by atomic mass is 10.1. The summed E-state index contributed by atoms with van der Waals surface area (Å²) in [4.78, 5) is 4.81. The number of nitrogens with one attached hydrogen (secondary N) is 1. The molecule has 1 aliphatic rings. The van der Waals surface area contributed by atoms with Crippen LogP contribution in [-0.4, -0.2) is 59.1 Å². The maximum atomic E-state index is 11.9. The summed E-state index contributed by atoms with van der Waals surface area (Å²) >= 11 is 0. The summed E-state index contributed by atoms with van der Waals surface area (Å²) in [5.74, 6) is 0. The predicted molar refractivity (Wildman–Crippen MR) is 85.0 cm³/mol. The van der Waals surface area contributed by atoms with Gasteiger partial charge in [-0.25, -0.2) is 13.1 Å². The van der Waals surface area contributed by atoms with Crippen molar-refractivity contribution in [3.05, 3.63) is 24.3 Å². The second-order valence-corrected chi connectivity index (χ2v) is 7.11. The SMILES string of the molecule is CCNS(=O)(=O)c1ccc(N2CCN(C)CC2CN)cc1. The van der Waals surface area contributed by atoms with Crippen molar-refractivity contribution in [3.63, 3.8) is 0 Å². The molecule has 1 saturated heterocycles. The van der Waals surface area contributed by atoms with Crippen molar-refractivity contribution in [3.8, 4) is 0 Å². The predicted octanol–water partition coefficient (Wildman–Crippen LogP) is 0.0639. The molecule has 0 amide bonds. The first kappa shape index (κ1) is 16.2. The maximum Gasteiger partial charge on any atom is 0.240 e. The number of benzene rings is 1. The van der Waals surface area contributed by atoms with Crippen LogP contribution in [0.1, 0.15) is 6.92 Å². The van der Waals surface area contributed by atoms with E-state index in [2.05, 4.69) is 21.6 Å². The zero-order valence-electron chi connectivity index (χ0n) is 12.6. The first-order valence-corrected chi connectivity index (χ1v) is 8.71. The molecule has 1 heterocycles. The van der Waals surface area contributed by atoms with E-state index in [-0.39, 0.29) is 6.04 Å². The van der Waals surface area contributed by atoms with Gasteiger partial charge >= 0.3 is 0 Å². The Bertz CT molecular complexity index is 559. The molecule has 2 rings (SSSR count). The molecule has 118 valence electrons. The molecule has 0 spiro atoms. The average Bonchev–Trinajstić information content (AvgIpc) is 2.47. The molecule has 0 aliphatic carbocycles. The van der Waals surface area contributed by atoms with Crippen molar-refractivity contribution in [2.45, 2.75) is 17.9 Å². The fourth-order valence-corrected chi connectivity index (χ4v) is 3.68. The van der Waals surface area contributed by atoms with E-state index in [1.807, 2.05) is 12.1 Å². The number of nitrogens with two attached hydrogens (primary N) is 1. The van der Waals surface area contributed by atoms with E-state index in [9.17, 15) is 8.42 Å². The third-order valence-electron chi connectivity index (χ3n) is 3.77. The molecule has 1 aromatic carbocycles. The first-order valence-electron chi connectivity index (χ1n) is 7.23. The van der Waals surface area contributed by atoms with Crippen LogP contribution in [0.3, 0.4) is 0 Å². The van der Waals surface area contributed by atoms with E-state index >= 15 is 0 Å². The molecule has 1 fully saturated rings. The summed E-state index contributed by atoms with van der Waals surface area (Å²) in [7, 11) is -1.30. The minimum Gasteiger partial charge on any atom is -0.365 e. The Morgan fingerprint density at radius 2 is 1.95 bits per heavy atom. The van der Waals surface area contributed by atoms with Gasteiger partial charge in [0.2, 0.25) is 10.0 Å². The molecule has 1 unspecified atom stereocenters. The normalized spacial score (nSPS) is 20.7. The summed E-state index contributed by atoms with van der Waals surface area (Å²) in [5, 5.41) is 0. The monoisotopic (exact) mass is 312 g/mol. The van der Waals surface area contributed by atoms with Gasteiger partial charge in [0.25, 0.3) is 0 Å². The molecule has 0 radical (unpaired) electrons. The van der Waals surface area contributed by atoms with Gasteiger partial charge in [0.1, 0.15) is 0 Å². The molecular weight excluding hydrogens is 288 g/mol. The zero-order valence-corrected chi connectivity index (χ0v) is 13.4. The summed E-state index contributed by atoms with van der Waals surface area (Å²) in [6.07, 6.45) is 0. The number of hydrogen-bond acceptors (Lipinski definition) is 5. The van der Waals surface area contributed by atoms with E-state index in [4.69, 9.17) is 5.73 Å². The van der Waals surface area contributed by atoms with Gasteiger partial charge in [0, 0.05) is 38.4 Å². The molecule has 0 bridgehead atoms. The minimum atomic E-state index is -3.39. The third-order valence-corrected chi connectivity index (χ3v) is 5.33. The highest BCUT2D eigenvalue weighted by Crippen LogP contribution is 2.22. The van der Waals surface area contributed by atoms with Crippen LogP contribution < -0.4 is 15.4 Å². The van der Waals surface area contributed by atoms with Crippen molar-refractivity contribution in [2.24, 2.45) is 5.73 Å². The summed E-state index contributed by atoms with van der Waals surface area (Å²) < 4.78 is 26.4. The third kappa shape index (κ3) is 3.74. The van der Waals surface area contributed by atoms with Crippen molar-refractivity contribution in [1.29, 1.82) is 0 Å². The minimum absolute atomic E-state index is 0.264. The van der Waals surface area contributed by atoms with Crippen molar-refractivity contribution in [1.82, 2.24) is 9.62 Å². The maximum absolute atomic E-state index is 11.9. The number of anilines is 1. The smallest absolute Gasteiger partial charge is 0.240 e. The lowest BCUT2D eigenvalue weighted by molar-refractivity contribution is 0.270. The van der Waals surface area contributed by atoms with Crippen LogP contribution in [-0.2, 0) is 10.0 Å². The van der Waals surface area contributed by atoms with Gasteiger partial charge < -0.3 is 15.5 Å². The van der Waals surface area contributed by atoms with Crippen molar-refractivity contribution < 1.29 is 8.42 Å². The number of likely N-dealkylation sites (N-methyl/N-ethyl adjacent to an activating group) is 1. The number of nitrogens with zero attached hydrogens (tertiary/aromatic N) is 2. The lowest BCUT2D eigenvalue weighted by Gasteiger charge is -2.41. The molecule has 6 nitrogen and oxygen atoms in total. The van der Waals surface area contributed by atoms with Crippen molar-refractivity contribution >= 4 is 15.7 Å². The Hall–Kier alpha value is -1.15. The molecule has 0 aromatic heterocycles. The van der Waals surface area contributed by atoms with Gasteiger partial charge in [-0.15, -0.1) is 0 Å². The largest absolute Gasteiger partial charge is 0.365 e. The number of piperazine rings is 1. The van der Waals surface area contributed by atoms with E-state index in [1.54, 1.807) is 19.1 Å². The first-order chi connectivity index (χ1) is 9.97. The Labute approximate surface area is 127 Å². The molecule has 3 N–H and O–H groups in total. The molecule has 1 atom stereocenters. The molecule has 21 heavy (non-hydrogen) atoms. The average molecular weight is 312 g/mol. The highest BCUT2D eigenvalue weighted by molar-refractivity contribution is 7.89. The second-order valence-electron chi connectivity index (χ2n) is 5.34. The van der Waals surface area contributed by atoms with Gasteiger partial charge in [-0.05, 0) is 31.3 Å². The van der Waals surface area contributed by atoms with Crippen LogP contribution in [0.4, 0.5) is 5.69 Å². The Morgan fingerprint density at radius 3 is 2.52 bits per heavy atom. The van der Waals surface area contributed by atoms with Crippen molar-refractivity contribution in [2.75, 3.05) is 44.7 Å². The van der Waals surface area contributed by atoms with Crippen LogP contribution in [0.15, 0.2) is 29.2 Å². The van der Waals surface area contributed by atoms with Crippen LogP contribution in [0.5, 0.6) is 0 Å². The summed E-state index contributed by atoms with van der Waals surface area (Å²) in [6.45, 7) is 5.54. The molecule has 1 aromatic rings. The number of rotatable bonds is 5. The van der Waals surface area contributed by atoms with Gasteiger partial charge in [-0.2, -0.15) is 0 Å². The van der Waals surface area contributed by atoms with Gasteiger partial charge in [0.15, 0.2) is 0 Å². The van der Waals surface area contributed by atoms with Gasteiger partial charge in [-0.1, -0.05) is 6.92 Å². The van der Waals surface area contributed by atoms with Gasteiger partial charge in [0.05, 0.1) is 10.9 Å². The number of sulfonamides is 1. The highest BCUT2D eigenvalue weighted by Gasteiger charge is 2.24. The lowest BCUT2D eigenvalue weighted by Crippen LogP contribution is -2.55. The quantitative estimate of drug-likeness (QED) is 0.804. The summed E-state index contributed by atoms with van der Waals surface area (Å²) in [5.41, 5.74) is 6.88. The Morgan fingerprint density at radius 1 is 1.29 bits per heavy atom. The summed E-state index contributed by atoms with van der Waals surface area (Å²) in [6, 6.07) is 7.29. The van der Waals surface area contributed by atoms with Crippen LogP contribution in [0, 0.1) is 0 Å². The van der Waals surface area contributed by atoms with E-state index in [1.165, 1.54) is 0 Å². The fourth-order valence-electron chi connectivity index (χ4n) is 2.64. The van der Waals surface area contributed by atoms with Crippen LogP contribution in [0.2, 0.25) is 0 Å². The van der Waals surface area contributed by atoms with E-state index < -0.39 is 10.0 Å². The van der Waals surface area contributed by atoms with Crippen LogP contribution in [0.25, 0.3) is 0 Å². The molecular formula is C14H24N4O2S. The Kier molecular flexibility index (Phi) is 5.21. The molecule has 0 saturated carbocycles. The standard InChI is InChI=1S/C14H24N4O2S/c1-3-16-21(19,20)14-6-4-12(5-7-14)18-9-8-17(2)11-13(18)10-15/h4-7,13,16H,3,8-11,15H2,1-2H3. The van der Waals surface area contributed by atoms with Gasteiger partial charge in [-0.3, -0.25) is 0 Å². The topological polar surface area (TPSA) is 78.7 Å². The second kappa shape index (κ2) is 6.74. The van der Waals surface area contributed by atoms with Crippen LogP contribution >= 0.6 is 0 Å².